The Morgan fingerprint density at radius 2 is 2.18 bits per heavy atom. The van der Waals surface area contributed by atoms with Crippen LogP contribution in [0.1, 0.15) is 39.5 Å². The van der Waals surface area contributed by atoms with Crippen LogP contribution in [0.15, 0.2) is 0 Å². The van der Waals surface area contributed by atoms with Gasteiger partial charge in [-0.2, -0.15) is 0 Å². The van der Waals surface area contributed by atoms with E-state index >= 15 is 0 Å². The van der Waals surface area contributed by atoms with Crippen LogP contribution in [0.4, 0.5) is 0 Å². The first-order valence-corrected chi connectivity index (χ1v) is 7.14. The zero-order valence-electron chi connectivity index (χ0n) is 11.7. The summed E-state index contributed by atoms with van der Waals surface area (Å²) in [6, 6.07) is 0. The molecule has 0 amide bonds. The number of piperidine rings is 1. The average Bonchev–Trinajstić information content (AvgIpc) is 2.59. The second-order valence-electron chi connectivity index (χ2n) is 6.36. The number of hydrogen-bond acceptors (Lipinski definition) is 3. The Morgan fingerprint density at radius 3 is 2.82 bits per heavy atom. The van der Waals surface area contributed by atoms with E-state index in [1.54, 1.807) is 0 Å². The quantitative estimate of drug-likeness (QED) is 0.812. The highest BCUT2D eigenvalue weighted by atomic mass is 16.5. The fourth-order valence-corrected chi connectivity index (χ4v) is 3.27. The van der Waals surface area contributed by atoms with Crippen molar-refractivity contribution in [3.63, 3.8) is 0 Å². The summed E-state index contributed by atoms with van der Waals surface area (Å²) in [6.07, 6.45) is 5.65. The molecule has 100 valence electrons. The maximum atomic E-state index is 6.09. The van der Waals surface area contributed by atoms with E-state index in [0.717, 1.165) is 19.0 Å². The molecule has 0 bridgehead atoms. The van der Waals surface area contributed by atoms with Crippen molar-refractivity contribution < 1.29 is 4.74 Å². The molecular weight excluding hydrogens is 212 g/mol. The van der Waals surface area contributed by atoms with Crippen molar-refractivity contribution in [3.05, 3.63) is 0 Å². The Balaban J connectivity index is 1.75. The lowest BCUT2D eigenvalue weighted by Crippen LogP contribution is -2.42. The molecule has 17 heavy (non-hydrogen) atoms. The number of nitrogens with zero attached hydrogens (tertiary/aromatic N) is 1. The third-order valence-corrected chi connectivity index (χ3v) is 4.11. The predicted octanol–water partition coefficient (Wildman–Crippen LogP) is 1.88. The molecule has 2 fully saturated rings. The molecule has 0 spiro atoms. The fourth-order valence-electron chi connectivity index (χ4n) is 3.27. The zero-order chi connectivity index (χ0) is 12.3. The van der Waals surface area contributed by atoms with E-state index in [2.05, 4.69) is 31.1 Å². The molecule has 2 unspecified atom stereocenters. The van der Waals surface area contributed by atoms with Crippen LogP contribution in [0.5, 0.6) is 0 Å². The molecule has 2 rings (SSSR count). The van der Waals surface area contributed by atoms with Crippen molar-refractivity contribution in [1.82, 2.24) is 10.2 Å². The Hall–Kier alpha value is -0.120. The molecule has 0 aliphatic carbocycles. The lowest BCUT2D eigenvalue weighted by atomic mass is 9.97. The van der Waals surface area contributed by atoms with Gasteiger partial charge in [-0.15, -0.1) is 0 Å². The topological polar surface area (TPSA) is 24.5 Å². The number of nitrogens with one attached hydrogen (secondary N) is 1. The van der Waals surface area contributed by atoms with Crippen LogP contribution in [-0.2, 0) is 4.74 Å². The highest BCUT2D eigenvalue weighted by Gasteiger charge is 2.33. The Bertz CT molecular complexity index is 240. The molecule has 1 N–H and O–H groups in total. The van der Waals surface area contributed by atoms with Crippen LogP contribution in [-0.4, -0.2) is 49.8 Å². The van der Waals surface area contributed by atoms with Gasteiger partial charge in [0.2, 0.25) is 0 Å². The molecule has 2 saturated heterocycles. The highest BCUT2D eigenvalue weighted by molar-refractivity contribution is 4.84. The molecule has 2 heterocycles. The van der Waals surface area contributed by atoms with Crippen LogP contribution >= 0.6 is 0 Å². The van der Waals surface area contributed by atoms with E-state index < -0.39 is 0 Å². The Kier molecular flexibility index (Phi) is 4.45. The van der Waals surface area contributed by atoms with Gasteiger partial charge in [-0.05, 0) is 65.6 Å². The summed E-state index contributed by atoms with van der Waals surface area (Å²) >= 11 is 0. The van der Waals surface area contributed by atoms with Crippen molar-refractivity contribution in [2.75, 3.05) is 33.2 Å². The number of likely N-dealkylation sites (tertiary alicyclic amines) is 1. The van der Waals surface area contributed by atoms with Crippen LogP contribution in [0.25, 0.3) is 0 Å². The molecule has 0 aromatic rings. The first-order valence-electron chi connectivity index (χ1n) is 7.14. The molecule has 2 aliphatic heterocycles. The molecule has 0 radical (unpaired) electrons. The first kappa shape index (κ1) is 13.3. The fraction of sp³-hybridized carbons (Fsp3) is 1.00. The second kappa shape index (κ2) is 5.68. The standard InChI is InChI=1S/C14H28N2O/c1-14(2)7-6-13(17-14)11-16-8-4-5-12(10-16)9-15-3/h12-13,15H,4-11H2,1-3H3. The number of hydrogen-bond donors (Lipinski definition) is 1. The van der Waals surface area contributed by atoms with Gasteiger partial charge in [0, 0.05) is 13.1 Å². The maximum Gasteiger partial charge on any atom is 0.0710 e. The van der Waals surface area contributed by atoms with Crippen LogP contribution in [0.2, 0.25) is 0 Å². The van der Waals surface area contributed by atoms with Gasteiger partial charge in [0.15, 0.2) is 0 Å². The molecule has 2 atom stereocenters. The van der Waals surface area contributed by atoms with Gasteiger partial charge in [0.05, 0.1) is 11.7 Å². The third-order valence-electron chi connectivity index (χ3n) is 4.11. The number of ether oxygens (including phenoxy) is 1. The first-order chi connectivity index (χ1) is 8.09. The SMILES string of the molecule is CNCC1CCCN(CC2CCC(C)(C)O2)C1. The lowest BCUT2D eigenvalue weighted by molar-refractivity contribution is -0.0328. The molecule has 0 saturated carbocycles. The van der Waals surface area contributed by atoms with Gasteiger partial charge in [-0.25, -0.2) is 0 Å². The van der Waals surface area contributed by atoms with Crippen LogP contribution < -0.4 is 5.32 Å². The number of rotatable bonds is 4. The van der Waals surface area contributed by atoms with Gasteiger partial charge in [0.1, 0.15) is 0 Å². The van der Waals surface area contributed by atoms with Crippen molar-refractivity contribution in [3.8, 4) is 0 Å². The van der Waals surface area contributed by atoms with E-state index in [4.69, 9.17) is 4.74 Å². The molecule has 2 aliphatic rings. The largest absolute Gasteiger partial charge is 0.371 e. The van der Waals surface area contributed by atoms with Crippen molar-refractivity contribution in [1.29, 1.82) is 0 Å². The summed E-state index contributed by atoms with van der Waals surface area (Å²) in [4.78, 5) is 2.61. The van der Waals surface area contributed by atoms with Gasteiger partial charge in [0.25, 0.3) is 0 Å². The molecule has 3 heteroatoms. The summed E-state index contributed by atoms with van der Waals surface area (Å²) in [5, 5.41) is 3.31. The second-order valence-corrected chi connectivity index (χ2v) is 6.36. The summed E-state index contributed by atoms with van der Waals surface area (Å²) < 4.78 is 6.09. The summed E-state index contributed by atoms with van der Waals surface area (Å²) in [6.45, 7) is 9.25. The summed E-state index contributed by atoms with van der Waals surface area (Å²) in [5.41, 5.74) is 0.116. The molecular formula is C14H28N2O. The smallest absolute Gasteiger partial charge is 0.0710 e. The highest BCUT2D eigenvalue weighted by Crippen LogP contribution is 2.30. The van der Waals surface area contributed by atoms with Gasteiger partial charge in [-0.3, -0.25) is 0 Å². The van der Waals surface area contributed by atoms with Gasteiger partial charge in [-0.1, -0.05) is 0 Å². The Morgan fingerprint density at radius 1 is 1.35 bits per heavy atom. The maximum absolute atomic E-state index is 6.09. The molecule has 0 aromatic carbocycles. The summed E-state index contributed by atoms with van der Waals surface area (Å²) in [7, 11) is 2.06. The van der Waals surface area contributed by atoms with E-state index in [-0.39, 0.29) is 5.60 Å². The molecule has 0 aromatic heterocycles. The van der Waals surface area contributed by atoms with E-state index in [1.807, 2.05) is 0 Å². The normalized spacial score (nSPS) is 34.1. The third kappa shape index (κ3) is 3.94. The van der Waals surface area contributed by atoms with Crippen molar-refractivity contribution in [2.24, 2.45) is 5.92 Å². The average molecular weight is 240 g/mol. The van der Waals surface area contributed by atoms with E-state index in [0.29, 0.717) is 6.10 Å². The van der Waals surface area contributed by atoms with Crippen LogP contribution in [0.3, 0.4) is 0 Å². The minimum absolute atomic E-state index is 0.116. The lowest BCUT2D eigenvalue weighted by Gasteiger charge is -2.34. The minimum atomic E-state index is 0.116. The summed E-state index contributed by atoms with van der Waals surface area (Å²) in [5.74, 6) is 0.836. The van der Waals surface area contributed by atoms with Crippen molar-refractivity contribution >= 4 is 0 Å². The minimum Gasteiger partial charge on any atom is -0.371 e. The van der Waals surface area contributed by atoms with E-state index in [9.17, 15) is 0 Å². The van der Waals surface area contributed by atoms with Crippen LogP contribution in [0, 0.1) is 5.92 Å². The van der Waals surface area contributed by atoms with Gasteiger partial charge < -0.3 is 15.0 Å². The van der Waals surface area contributed by atoms with Crippen molar-refractivity contribution in [2.45, 2.75) is 51.2 Å². The zero-order valence-corrected chi connectivity index (χ0v) is 11.7. The molecule has 3 nitrogen and oxygen atoms in total. The monoisotopic (exact) mass is 240 g/mol. The predicted molar refractivity (Wildman–Crippen MR) is 71.3 cm³/mol. The Labute approximate surface area is 106 Å². The van der Waals surface area contributed by atoms with E-state index in [1.165, 1.54) is 38.8 Å². The van der Waals surface area contributed by atoms with Gasteiger partial charge >= 0.3 is 0 Å².